The summed E-state index contributed by atoms with van der Waals surface area (Å²) in [5, 5.41) is 12.4. The second-order valence-corrected chi connectivity index (χ2v) is 7.91. The normalized spacial score (nSPS) is 18.3. The molecule has 2 N–H and O–H groups in total. The number of amides is 4. The molecule has 10 heteroatoms. The van der Waals surface area contributed by atoms with Crippen molar-refractivity contribution in [1.82, 2.24) is 15.3 Å². The van der Waals surface area contributed by atoms with E-state index in [4.69, 9.17) is 4.84 Å². The standard InChI is InChI=1S/C23H24N4O6/c1-15-17(21(29)30)8-5-9-19(15)25-10-12-26(13-11-25)23(32)33-27-20(28)18(24-22(27)31)14-16-6-3-2-4-7-16/h2-9,18H,10-14H2,1H3,(H,24,31)(H,29,30)/t18-/m0/s1. The highest BCUT2D eigenvalue weighted by molar-refractivity contribution is 6.04. The van der Waals surface area contributed by atoms with Crippen molar-refractivity contribution in [3.63, 3.8) is 0 Å². The molecule has 172 valence electrons. The number of nitrogens with zero attached hydrogens (tertiary/aromatic N) is 3. The fourth-order valence-corrected chi connectivity index (χ4v) is 4.05. The predicted molar refractivity (Wildman–Crippen MR) is 118 cm³/mol. The topological polar surface area (TPSA) is 119 Å². The number of carbonyl (C=O) groups excluding carboxylic acids is 3. The van der Waals surface area contributed by atoms with Gasteiger partial charge in [0.2, 0.25) is 0 Å². The van der Waals surface area contributed by atoms with E-state index in [0.29, 0.717) is 43.2 Å². The number of hydrogen-bond acceptors (Lipinski definition) is 6. The average molecular weight is 452 g/mol. The molecule has 2 aromatic carbocycles. The maximum atomic E-state index is 12.6. The van der Waals surface area contributed by atoms with Crippen LogP contribution in [0.25, 0.3) is 0 Å². The molecule has 2 aliphatic heterocycles. The van der Waals surface area contributed by atoms with E-state index < -0.39 is 30.0 Å². The van der Waals surface area contributed by atoms with Crippen LogP contribution in [-0.2, 0) is 16.1 Å². The number of imide groups is 1. The molecule has 0 radical (unpaired) electrons. The first-order valence-corrected chi connectivity index (χ1v) is 10.6. The molecule has 0 bridgehead atoms. The van der Waals surface area contributed by atoms with Crippen molar-refractivity contribution in [3.05, 3.63) is 65.2 Å². The number of piperazine rings is 1. The Bertz CT molecular complexity index is 1080. The van der Waals surface area contributed by atoms with Crippen LogP contribution in [0.2, 0.25) is 0 Å². The van der Waals surface area contributed by atoms with E-state index in [0.717, 1.165) is 11.3 Å². The average Bonchev–Trinajstić information content (AvgIpc) is 3.07. The summed E-state index contributed by atoms with van der Waals surface area (Å²) in [5.41, 5.74) is 2.56. The molecule has 2 heterocycles. The van der Waals surface area contributed by atoms with Crippen LogP contribution in [0.3, 0.4) is 0 Å². The number of carbonyl (C=O) groups is 4. The summed E-state index contributed by atoms with van der Waals surface area (Å²) in [5.74, 6) is -1.60. The highest BCUT2D eigenvalue weighted by Crippen LogP contribution is 2.25. The zero-order valence-corrected chi connectivity index (χ0v) is 18.1. The first-order chi connectivity index (χ1) is 15.8. The summed E-state index contributed by atoms with van der Waals surface area (Å²) in [6, 6.07) is 12.8. The Kier molecular flexibility index (Phi) is 6.16. The van der Waals surface area contributed by atoms with Gasteiger partial charge in [-0.15, -0.1) is 0 Å². The van der Waals surface area contributed by atoms with Gasteiger partial charge in [0.1, 0.15) is 6.04 Å². The van der Waals surface area contributed by atoms with Gasteiger partial charge in [-0.05, 0) is 30.2 Å². The van der Waals surface area contributed by atoms with E-state index >= 15 is 0 Å². The van der Waals surface area contributed by atoms with E-state index in [1.54, 1.807) is 19.1 Å². The minimum atomic E-state index is -0.990. The lowest BCUT2D eigenvalue weighted by Crippen LogP contribution is -2.51. The molecule has 10 nitrogen and oxygen atoms in total. The summed E-state index contributed by atoms with van der Waals surface area (Å²) in [4.78, 5) is 57.3. The minimum Gasteiger partial charge on any atom is -0.478 e. The van der Waals surface area contributed by atoms with Gasteiger partial charge in [-0.3, -0.25) is 4.79 Å². The van der Waals surface area contributed by atoms with E-state index in [2.05, 4.69) is 5.32 Å². The van der Waals surface area contributed by atoms with Gasteiger partial charge in [-0.1, -0.05) is 41.5 Å². The van der Waals surface area contributed by atoms with Gasteiger partial charge in [0.05, 0.1) is 5.56 Å². The van der Waals surface area contributed by atoms with Crippen LogP contribution in [0.4, 0.5) is 15.3 Å². The van der Waals surface area contributed by atoms with Crippen LogP contribution in [-0.4, -0.2) is 71.3 Å². The van der Waals surface area contributed by atoms with Crippen LogP contribution >= 0.6 is 0 Å². The highest BCUT2D eigenvalue weighted by Gasteiger charge is 2.42. The fourth-order valence-electron chi connectivity index (χ4n) is 4.05. The molecule has 4 amide bonds. The third-order valence-electron chi connectivity index (χ3n) is 5.85. The lowest BCUT2D eigenvalue weighted by molar-refractivity contribution is -0.151. The van der Waals surface area contributed by atoms with Crippen molar-refractivity contribution in [3.8, 4) is 0 Å². The van der Waals surface area contributed by atoms with Crippen molar-refractivity contribution in [1.29, 1.82) is 0 Å². The monoisotopic (exact) mass is 452 g/mol. The Balaban J connectivity index is 1.34. The molecule has 0 aromatic heterocycles. The molecule has 1 atom stereocenters. The highest BCUT2D eigenvalue weighted by atomic mass is 16.7. The smallest absolute Gasteiger partial charge is 0.434 e. The maximum Gasteiger partial charge on any atom is 0.434 e. The van der Waals surface area contributed by atoms with Crippen molar-refractivity contribution in [2.75, 3.05) is 31.1 Å². The summed E-state index contributed by atoms with van der Waals surface area (Å²) in [7, 11) is 0. The van der Waals surface area contributed by atoms with Gasteiger partial charge in [0, 0.05) is 38.3 Å². The molecule has 0 aliphatic carbocycles. The van der Waals surface area contributed by atoms with Crippen LogP contribution in [0.1, 0.15) is 21.5 Å². The number of carboxylic acid groups (broad SMARTS) is 1. The SMILES string of the molecule is Cc1c(C(=O)O)cccc1N1CCN(C(=O)ON2C(=O)N[C@@H](Cc3ccccc3)C2=O)CC1. The summed E-state index contributed by atoms with van der Waals surface area (Å²) in [6.45, 7) is 3.26. The largest absolute Gasteiger partial charge is 0.478 e. The Morgan fingerprint density at radius 1 is 1.03 bits per heavy atom. The third-order valence-corrected chi connectivity index (χ3v) is 5.85. The Morgan fingerprint density at radius 2 is 1.73 bits per heavy atom. The lowest BCUT2D eigenvalue weighted by atomic mass is 10.1. The van der Waals surface area contributed by atoms with Gasteiger partial charge in [0.15, 0.2) is 0 Å². The minimum absolute atomic E-state index is 0.234. The molecule has 0 saturated carbocycles. The molecule has 0 spiro atoms. The number of rotatable bonds is 5. The third kappa shape index (κ3) is 4.59. The predicted octanol–water partition coefficient (Wildman–Crippen LogP) is 2.03. The van der Waals surface area contributed by atoms with Crippen molar-refractivity contribution < 1.29 is 29.1 Å². The van der Waals surface area contributed by atoms with E-state index in [9.17, 15) is 24.3 Å². The fraction of sp³-hybridized carbons (Fsp3) is 0.304. The summed E-state index contributed by atoms with van der Waals surface area (Å²) >= 11 is 0. The molecule has 0 unspecified atom stereocenters. The Labute approximate surface area is 190 Å². The van der Waals surface area contributed by atoms with Gasteiger partial charge in [-0.2, -0.15) is 0 Å². The zero-order chi connectivity index (χ0) is 23.5. The maximum absolute atomic E-state index is 12.6. The van der Waals surface area contributed by atoms with Crippen molar-refractivity contribution in [2.24, 2.45) is 0 Å². The van der Waals surface area contributed by atoms with Crippen LogP contribution in [0, 0.1) is 6.92 Å². The first-order valence-electron chi connectivity index (χ1n) is 10.6. The molecular formula is C23H24N4O6. The number of hydroxylamine groups is 2. The lowest BCUT2D eigenvalue weighted by Gasteiger charge is -2.36. The van der Waals surface area contributed by atoms with Crippen molar-refractivity contribution in [2.45, 2.75) is 19.4 Å². The number of hydrogen-bond donors (Lipinski definition) is 2. The van der Waals surface area contributed by atoms with Gasteiger partial charge < -0.3 is 25.1 Å². The van der Waals surface area contributed by atoms with Gasteiger partial charge >= 0.3 is 18.1 Å². The number of nitrogens with one attached hydrogen (secondary N) is 1. The number of carboxylic acids is 1. The van der Waals surface area contributed by atoms with Crippen molar-refractivity contribution >= 4 is 29.7 Å². The summed E-state index contributed by atoms with van der Waals surface area (Å²) < 4.78 is 0. The van der Waals surface area contributed by atoms with Gasteiger partial charge in [-0.25, -0.2) is 14.4 Å². The van der Waals surface area contributed by atoms with E-state index in [1.165, 1.54) is 4.90 Å². The second kappa shape index (κ2) is 9.19. The number of aromatic carboxylic acids is 1. The quantitative estimate of drug-likeness (QED) is 0.666. The zero-order valence-electron chi connectivity index (χ0n) is 18.1. The molecule has 4 rings (SSSR count). The molecule has 2 aliphatic rings. The number of urea groups is 1. The molecular weight excluding hydrogens is 428 g/mol. The molecule has 2 saturated heterocycles. The molecule has 2 aromatic rings. The first kappa shape index (κ1) is 22.1. The molecule has 2 fully saturated rings. The van der Waals surface area contributed by atoms with Crippen LogP contribution < -0.4 is 10.2 Å². The number of anilines is 1. The van der Waals surface area contributed by atoms with Crippen LogP contribution in [0.5, 0.6) is 0 Å². The van der Waals surface area contributed by atoms with E-state index in [-0.39, 0.29) is 5.56 Å². The second-order valence-electron chi connectivity index (χ2n) is 7.91. The Morgan fingerprint density at radius 3 is 2.39 bits per heavy atom. The summed E-state index contributed by atoms with van der Waals surface area (Å²) in [6.07, 6.45) is -0.484. The molecule has 33 heavy (non-hydrogen) atoms. The number of benzene rings is 2. The Hall–Kier alpha value is -4.08. The van der Waals surface area contributed by atoms with Crippen LogP contribution in [0.15, 0.2) is 48.5 Å². The van der Waals surface area contributed by atoms with Gasteiger partial charge in [0.25, 0.3) is 5.91 Å². The van der Waals surface area contributed by atoms with E-state index in [1.807, 2.05) is 41.3 Å².